The zero-order valence-corrected chi connectivity index (χ0v) is 18.3. The summed E-state index contributed by atoms with van der Waals surface area (Å²) in [7, 11) is 1.86. The van der Waals surface area contributed by atoms with Gasteiger partial charge in [-0.3, -0.25) is 0 Å². The molecule has 2 aliphatic rings. The number of nitrogens with zero attached hydrogens (tertiary/aromatic N) is 3. The zero-order chi connectivity index (χ0) is 20.5. The summed E-state index contributed by atoms with van der Waals surface area (Å²) < 4.78 is 9.45. The van der Waals surface area contributed by atoms with Gasteiger partial charge in [0.1, 0.15) is 4.91 Å². The monoisotopic (exact) mass is 441 g/mol. The molecule has 0 amide bonds. The van der Waals surface area contributed by atoms with Gasteiger partial charge in [-0.25, -0.2) is 14.6 Å². The molecule has 28 heavy (non-hydrogen) atoms. The molecule has 0 N–H and O–H groups in total. The number of carbonyl (C=O) groups is 2. The van der Waals surface area contributed by atoms with E-state index in [1.54, 1.807) is 31.0 Å². The van der Waals surface area contributed by atoms with Crippen LogP contribution >= 0.6 is 35.1 Å². The van der Waals surface area contributed by atoms with Gasteiger partial charge in [-0.05, 0) is 56.8 Å². The van der Waals surface area contributed by atoms with Gasteiger partial charge in [0.2, 0.25) is 9.37 Å². The molecular weight excluding hydrogens is 422 g/mol. The summed E-state index contributed by atoms with van der Waals surface area (Å²) in [6.07, 6.45) is 0. The Morgan fingerprint density at radius 1 is 1.11 bits per heavy atom. The van der Waals surface area contributed by atoms with E-state index in [9.17, 15) is 9.59 Å². The third kappa shape index (κ3) is 3.58. The molecule has 1 atom stereocenters. The van der Waals surface area contributed by atoms with Crippen molar-refractivity contribution in [3.8, 4) is 0 Å². The Morgan fingerprint density at radius 3 is 2.32 bits per heavy atom. The molecule has 3 rings (SSSR count). The fourth-order valence-corrected chi connectivity index (χ4v) is 5.72. The average Bonchev–Trinajstić information content (AvgIpc) is 3.17. The Bertz CT molecular complexity index is 859. The van der Waals surface area contributed by atoms with Crippen molar-refractivity contribution in [2.45, 2.75) is 25.1 Å². The number of esters is 2. The number of hydrogen-bond donors (Lipinski definition) is 0. The van der Waals surface area contributed by atoms with Crippen molar-refractivity contribution < 1.29 is 19.1 Å². The van der Waals surface area contributed by atoms with Crippen molar-refractivity contribution in [3.05, 3.63) is 39.9 Å². The lowest BCUT2D eigenvalue weighted by molar-refractivity contribution is -0.137. The third-order valence-electron chi connectivity index (χ3n) is 4.16. The van der Waals surface area contributed by atoms with Crippen molar-refractivity contribution >= 4 is 57.8 Å². The predicted octanol–water partition coefficient (Wildman–Crippen LogP) is 3.85. The van der Waals surface area contributed by atoms with Gasteiger partial charge in [0, 0.05) is 17.8 Å². The maximum absolute atomic E-state index is 12.4. The van der Waals surface area contributed by atoms with Crippen molar-refractivity contribution in [1.82, 2.24) is 4.90 Å². The van der Waals surface area contributed by atoms with Crippen LogP contribution in [0, 0.1) is 0 Å². The van der Waals surface area contributed by atoms with Crippen LogP contribution in [-0.4, -0.2) is 46.5 Å². The molecule has 0 fully saturated rings. The summed E-state index contributed by atoms with van der Waals surface area (Å²) >= 11 is 8.55. The van der Waals surface area contributed by atoms with Crippen LogP contribution in [0.4, 0.5) is 5.69 Å². The molecule has 10 heteroatoms. The van der Waals surface area contributed by atoms with E-state index in [1.165, 1.54) is 23.5 Å². The van der Waals surface area contributed by atoms with Gasteiger partial charge in [-0.1, -0.05) is 23.4 Å². The fraction of sp³-hybridized carbons (Fsp3) is 0.389. The van der Waals surface area contributed by atoms with Gasteiger partial charge in [0.25, 0.3) is 0 Å². The smallest absolute Gasteiger partial charge is 0.365 e. The van der Waals surface area contributed by atoms with E-state index in [4.69, 9.17) is 21.1 Å². The highest BCUT2D eigenvalue weighted by molar-refractivity contribution is 8.28. The molecular formula is C18H20ClN3O4S2. The fourth-order valence-electron chi connectivity index (χ4n) is 2.72. The second-order valence-corrected chi connectivity index (χ2v) is 8.90. The summed E-state index contributed by atoms with van der Waals surface area (Å²) in [5.74, 6) is -0.894. The van der Waals surface area contributed by atoms with Gasteiger partial charge >= 0.3 is 11.9 Å². The van der Waals surface area contributed by atoms with Gasteiger partial charge in [0.05, 0.1) is 18.9 Å². The van der Waals surface area contributed by atoms with Crippen LogP contribution in [0.3, 0.4) is 0 Å². The summed E-state index contributed by atoms with van der Waals surface area (Å²) in [5, 5.41) is 7.04. The highest BCUT2D eigenvalue weighted by Crippen LogP contribution is 2.58. The molecule has 0 aliphatic carbocycles. The Kier molecular flexibility index (Phi) is 6.16. The number of ether oxygens (including phenoxy) is 2. The second kappa shape index (κ2) is 8.26. The van der Waals surface area contributed by atoms with Crippen molar-refractivity contribution in [2.75, 3.05) is 25.3 Å². The lowest BCUT2D eigenvalue weighted by Gasteiger charge is -2.39. The topological polar surface area (TPSA) is 71.4 Å². The Labute approximate surface area is 177 Å². The number of halogens is 1. The van der Waals surface area contributed by atoms with E-state index in [-0.39, 0.29) is 18.3 Å². The van der Waals surface area contributed by atoms with Crippen LogP contribution in [0.2, 0.25) is 5.02 Å². The SMILES string of the molecule is CCOC(=O)C1=NN(c2ccc(Cl)cc2)C2(S1)SC(C(=O)OCC)=C(C)N2C. The molecule has 1 spiro atoms. The minimum Gasteiger partial charge on any atom is -0.462 e. The Morgan fingerprint density at radius 2 is 1.71 bits per heavy atom. The summed E-state index contributed by atoms with van der Waals surface area (Å²) in [6, 6.07) is 7.13. The number of benzene rings is 1. The van der Waals surface area contributed by atoms with Gasteiger partial charge < -0.3 is 14.4 Å². The van der Waals surface area contributed by atoms with Gasteiger partial charge in [-0.15, -0.1) is 0 Å². The summed E-state index contributed by atoms with van der Waals surface area (Å²) in [5.41, 5.74) is 1.48. The number of allylic oxidation sites excluding steroid dienone is 1. The van der Waals surface area contributed by atoms with Crippen LogP contribution < -0.4 is 5.01 Å². The van der Waals surface area contributed by atoms with Crippen molar-refractivity contribution in [3.63, 3.8) is 0 Å². The number of anilines is 1. The number of rotatable bonds is 5. The normalized spacial score (nSPS) is 21.4. The molecule has 0 aromatic heterocycles. The first-order chi connectivity index (χ1) is 13.3. The van der Waals surface area contributed by atoms with E-state index in [0.29, 0.717) is 9.93 Å². The first-order valence-corrected chi connectivity index (χ1v) is 10.7. The molecule has 0 saturated carbocycles. The summed E-state index contributed by atoms with van der Waals surface area (Å²) in [4.78, 5) is 27.2. The number of thioether (sulfide) groups is 2. The molecule has 1 unspecified atom stereocenters. The van der Waals surface area contributed by atoms with Crippen LogP contribution in [-0.2, 0) is 19.1 Å². The zero-order valence-electron chi connectivity index (χ0n) is 15.9. The van der Waals surface area contributed by atoms with Gasteiger partial charge in [0.15, 0.2) is 0 Å². The summed E-state index contributed by atoms with van der Waals surface area (Å²) in [6.45, 7) is 5.88. The minimum absolute atomic E-state index is 0.217. The van der Waals surface area contributed by atoms with Crippen LogP contribution in [0.15, 0.2) is 40.0 Å². The first-order valence-electron chi connectivity index (χ1n) is 8.65. The molecule has 0 radical (unpaired) electrons. The van der Waals surface area contributed by atoms with Crippen LogP contribution in [0.1, 0.15) is 20.8 Å². The van der Waals surface area contributed by atoms with Crippen LogP contribution in [0.25, 0.3) is 0 Å². The molecule has 7 nitrogen and oxygen atoms in total. The minimum atomic E-state index is -0.887. The van der Waals surface area contributed by atoms with E-state index in [2.05, 4.69) is 5.10 Å². The quantitative estimate of drug-likeness (QED) is 0.638. The third-order valence-corrected chi connectivity index (χ3v) is 7.45. The molecule has 1 aromatic rings. The highest BCUT2D eigenvalue weighted by atomic mass is 35.5. The van der Waals surface area contributed by atoms with Crippen molar-refractivity contribution in [1.29, 1.82) is 0 Å². The number of hydrazone groups is 1. The van der Waals surface area contributed by atoms with Crippen LogP contribution in [0.5, 0.6) is 0 Å². The maximum Gasteiger partial charge on any atom is 0.365 e. The molecule has 0 saturated heterocycles. The lowest BCUT2D eigenvalue weighted by atomic mass is 10.3. The van der Waals surface area contributed by atoms with E-state index in [1.807, 2.05) is 31.0 Å². The molecule has 1 aromatic carbocycles. The van der Waals surface area contributed by atoms with Crippen molar-refractivity contribution in [2.24, 2.45) is 5.10 Å². The Hall–Kier alpha value is -1.84. The Balaban J connectivity index is 2.02. The molecule has 2 aliphatic heterocycles. The second-order valence-electron chi connectivity index (χ2n) is 5.86. The number of carbonyl (C=O) groups excluding carboxylic acids is 2. The standard InChI is InChI=1S/C18H20ClN3O4S2/c1-5-25-16(23)14-11(3)21(4)18(27-14)22(13-9-7-12(19)8-10-13)20-15(28-18)17(24)26-6-2/h7-10H,5-6H2,1-4H3. The molecule has 0 bridgehead atoms. The highest BCUT2D eigenvalue weighted by Gasteiger charge is 2.56. The van der Waals surface area contributed by atoms with E-state index < -0.39 is 16.3 Å². The number of hydrogen-bond acceptors (Lipinski definition) is 9. The molecule has 150 valence electrons. The maximum atomic E-state index is 12.4. The lowest BCUT2D eigenvalue weighted by Crippen LogP contribution is -2.47. The van der Waals surface area contributed by atoms with E-state index in [0.717, 1.165) is 11.4 Å². The first kappa shape index (κ1) is 20.9. The largest absolute Gasteiger partial charge is 0.462 e. The van der Waals surface area contributed by atoms with E-state index >= 15 is 0 Å². The predicted molar refractivity (Wildman–Crippen MR) is 113 cm³/mol. The average molecular weight is 442 g/mol. The molecule has 2 heterocycles. The van der Waals surface area contributed by atoms with Gasteiger partial charge in [-0.2, -0.15) is 5.10 Å².